The van der Waals surface area contributed by atoms with Gasteiger partial charge in [0.05, 0.1) is 26.1 Å². The molecule has 0 saturated heterocycles. The van der Waals surface area contributed by atoms with Crippen molar-refractivity contribution in [3.63, 3.8) is 0 Å². The smallest absolute Gasteiger partial charge is 0.241 e. The fourth-order valence-electron chi connectivity index (χ4n) is 1.53. The van der Waals surface area contributed by atoms with Crippen LogP contribution in [0.5, 0.6) is 11.8 Å². The minimum absolute atomic E-state index is 0.199. The number of methoxy groups -OCH3 is 2. The molecular formula is C12H12BrN3O3. The fraction of sp³-hybridized carbons (Fsp3) is 0.250. The van der Waals surface area contributed by atoms with Crippen molar-refractivity contribution in [3.05, 3.63) is 40.4 Å². The van der Waals surface area contributed by atoms with Crippen LogP contribution in [0.25, 0.3) is 0 Å². The van der Waals surface area contributed by atoms with Crippen molar-refractivity contribution in [2.75, 3.05) is 14.2 Å². The summed E-state index contributed by atoms with van der Waals surface area (Å²) in [5, 5.41) is 10.3. The number of pyridine rings is 1. The molecule has 0 amide bonds. The van der Waals surface area contributed by atoms with Gasteiger partial charge in [-0.25, -0.2) is 4.98 Å². The molecule has 1 N–H and O–H groups in total. The Balaban J connectivity index is 2.44. The molecule has 100 valence electrons. The van der Waals surface area contributed by atoms with Crippen molar-refractivity contribution in [3.8, 4) is 11.8 Å². The van der Waals surface area contributed by atoms with Gasteiger partial charge in [0.1, 0.15) is 11.8 Å². The quantitative estimate of drug-likeness (QED) is 0.922. The third kappa shape index (κ3) is 2.82. The summed E-state index contributed by atoms with van der Waals surface area (Å²) in [5.41, 5.74) is 0.725. The molecule has 2 heterocycles. The van der Waals surface area contributed by atoms with Gasteiger partial charge in [0.25, 0.3) is 0 Å². The largest absolute Gasteiger partial charge is 0.480 e. The third-order valence-electron chi connectivity index (χ3n) is 2.45. The number of hydrogen-bond donors (Lipinski definition) is 1. The van der Waals surface area contributed by atoms with Crippen molar-refractivity contribution >= 4 is 15.9 Å². The van der Waals surface area contributed by atoms with Gasteiger partial charge in [0.2, 0.25) is 11.8 Å². The molecule has 2 aromatic heterocycles. The summed E-state index contributed by atoms with van der Waals surface area (Å²) in [7, 11) is 2.93. The number of halogens is 1. The van der Waals surface area contributed by atoms with E-state index in [0.717, 1.165) is 0 Å². The van der Waals surface area contributed by atoms with Crippen molar-refractivity contribution in [1.29, 1.82) is 0 Å². The van der Waals surface area contributed by atoms with Gasteiger partial charge in [0.15, 0.2) is 0 Å². The second kappa shape index (κ2) is 5.94. The Bertz CT molecular complexity index is 580. The van der Waals surface area contributed by atoms with Crippen LogP contribution >= 0.6 is 15.9 Å². The molecule has 0 saturated carbocycles. The highest BCUT2D eigenvalue weighted by molar-refractivity contribution is 9.10. The first kappa shape index (κ1) is 13.7. The summed E-state index contributed by atoms with van der Waals surface area (Å²) < 4.78 is 10.8. The number of aromatic nitrogens is 3. The lowest BCUT2D eigenvalue weighted by Gasteiger charge is -2.14. The summed E-state index contributed by atoms with van der Waals surface area (Å²) in [4.78, 5) is 12.3. The van der Waals surface area contributed by atoms with Crippen LogP contribution in [0, 0.1) is 0 Å². The minimum atomic E-state index is -1.04. The zero-order valence-electron chi connectivity index (χ0n) is 10.4. The Morgan fingerprint density at radius 3 is 2.63 bits per heavy atom. The van der Waals surface area contributed by atoms with E-state index in [0.29, 0.717) is 16.0 Å². The molecule has 2 aromatic rings. The highest BCUT2D eigenvalue weighted by atomic mass is 79.9. The molecule has 0 radical (unpaired) electrons. The predicted octanol–water partition coefficient (Wildman–Crippen LogP) is 1.73. The summed E-state index contributed by atoms with van der Waals surface area (Å²) in [6, 6.07) is 3.55. The predicted molar refractivity (Wildman–Crippen MR) is 71.1 cm³/mol. The average Bonchev–Trinajstić information content (AvgIpc) is 2.46. The van der Waals surface area contributed by atoms with Crippen LogP contribution in [-0.2, 0) is 0 Å². The van der Waals surface area contributed by atoms with Crippen LogP contribution in [0.4, 0.5) is 0 Å². The molecule has 1 atom stereocenters. The SMILES string of the molecule is COc1cnc(C(O)c2ncccc2Br)c(OC)n1. The molecule has 6 nitrogen and oxygen atoms in total. The third-order valence-corrected chi connectivity index (χ3v) is 3.12. The van der Waals surface area contributed by atoms with Gasteiger partial charge < -0.3 is 14.6 Å². The molecule has 2 rings (SSSR count). The second-order valence-corrected chi connectivity index (χ2v) is 4.43. The van der Waals surface area contributed by atoms with Crippen LogP contribution in [0.3, 0.4) is 0 Å². The monoisotopic (exact) mass is 325 g/mol. The van der Waals surface area contributed by atoms with E-state index >= 15 is 0 Å². The Morgan fingerprint density at radius 1 is 1.21 bits per heavy atom. The van der Waals surface area contributed by atoms with Gasteiger partial charge in [0, 0.05) is 10.7 Å². The minimum Gasteiger partial charge on any atom is -0.480 e. The molecule has 0 bridgehead atoms. The molecular weight excluding hydrogens is 314 g/mol. The van der Waals surface area contributed by atoms with Gasteiger partial charge >= 0.3 is 0 Å². The standard InChI is InChI=1S/C12H12BrN3O3/c1-18-8-6-15-10(12(16-8)19-2)11(17)9-7(13)4-3-5-14-9/h3-6,11,17H,1-2H3. The fourth-order valence-corrected chi connectivity index (χ4v) is 2.00. The maximum absolute atomic E-state index is 10.3. The van der Waals surface area contributed by atoms with E-state index in [2.05, 4.69) is 30.9 Å². The molecule has 0 aliphatic carbocycles. The van der Waals surface area contributed by atoms with Crippen molar-refractivity contribution in [2.24, 2.45) is 0 Å². The van der Waals surface area contributed by atoms with E-state index in [1.54, 1.807) is 18.3 Å². The maximum atomic E-state index is 10.3. The first-order valence-electron chi connectivity index (χ1n) is 5.40. The van der Waals surface area contributed by atoms with Crippen LogP contribution in [-0.4, -0.2) is 34.3 Å². The lowest BCUT2D eigenvalue weighted by Crippen LogP contribution is -2.09. The summed E-state index contributed by atoms with van der Waals surface area (Å²) >= 11 is 3.33. The Kier molecular flexibility index (Phi) is 4.28. The van der Waals surface area contributed by atoms with Gasteiger partial charge in [-0.05, 0) is 28.1 Å². The second-order valence-electron chi connectivity index (χ2n) is 3.58. The number of aliphatic hydroxyl groups is 1. The van der Waals surface area contributed by atoms with Gasteiger partial charge in [-0.15, -0.1) is 0 Å². The first-order valence-corrected chi connectivity index (χ1v) is 6.20. The number of rotatable bonds is 4. The number of ether oxygens (including phenoxy) is 2. The molecule has 1 unspecified atom stereocenters. The maximum Gasteiger partial charge on any atom is 0.241 e. The molecule has 0 aliphatic rings. The number of nitrogens with zero attached hydrogens (tertiary/aromatic N) is 3. The van der Waals surface area contributed by atoms with Crippen molar-refractivity contribution in [2.45, 2.75) is 6.10 Å². The van der Waals surface area contributed by atoms with Crippen LogP contribution in [0.1, 0.15) is 17.5 Å². The highest BCUT2D eigenvalue weighted by Crippen LogP contribution is 2.30. The van der Waals surface area contributed by atoms with Gasteiger partial charge in [-0.1, -0.05) is 0 Å². The van der Waals surface area contributed by atoms with Crippen LogP contribution in [0.2, 0.25) is 0 Å². The zero-order valence-corrected chi connectivity index (χ0v) is 12.0. The molecule has 7 heteroatoms. The topological polar surface area (TPSA) is 77.4 Å². The number of aliphatic hydroxyl groups excluding tert-OH is 1. The van der Waals surface area contributed by atoms with Crippen molar-refractivity contribution < 1.29 is 14.6 Å². The molecule has 0 spiro atoms. The Hall–Kier alpha value is -1.73. The van der Waals surface area contributed by atoms with E-state index in [1.807, 2.05) is 0 Å². The lowest BCUT2D eigenvalue weighted by molar-refractivity contribution is 0.201. The molecule has 0 aliphatic heterocycles. The molecule has 19 heavy (non-hydrogen) atoms. The van der Waals surface area contributed by atoms with E-state index in [9.17, 15) is 5.11 Å². The normalized spacial score (nSPS) is 12.0. The van der Waals surface area contributed by atoms with E-state index < -0.39 is 6.10 Å². The Morgan fingerprint density at radius 2 is 2.00 bits per heavy atom. The molecule has 0 fully saturated rings. The van der Waals surface area contributed by atoms with E-state index in [-0.39, 0.29) is 11.6 Å². The van der Waals surface area contributed by atoms with E-state index in [1.165, 1.54) is 20.4 Å². The summed E-state index contributed by atoms with van der Waals surface area (Å²) in [5.74, 6) is 0.511. The molecule has 0 aromatic carbocycles. The zero-order chi connectivity index (χ0) is 13.8. The summed E-state index contributed by atoms with van der Waals surface area (Å²) in [6.45, 7) is 0. The van der Waals surface area contributed by atoms with Crippen molar-refractivity contribution in [1.82, 2.24) is 15.0 Å². The van der Waals surface area contributed by atoms with Crippen LogP contribution in [0.15, 0.2) is 29.0 Å². The lowest BCUT2D eigenvalue weighted by atomic mass is 10.1. The van der Waals surface area contributed by atoms with E-state index in [4.69, 9.17) is 9.47 Å². The first-order chi connectivity index (χ1) is 9.17. The van der Waals surface area contributed by atoms with Crippen LogP contribution < -0.4 is 9.47 Å². The summed E-state index contributed by atoms with van der Waals surface area (Å²) in [6.07, 6.45) is 1.97. The van der Waals surface area contributed by atoms with Gasteiger partial charge in [-0.3, -0.25) is 4.98 Å². The van der Waals surface area contributed by atoms with Gasteiger partial charge in [-0.2, -0.15) is 4.98 Å². The Labute approximate surface area is 118 Å². The number of hydrogen-bond acceptors (Lipinski definition) is 6. The average molecular weight is 326 g/mol. The highest BCUT2D eigenvalue weighted by Gasteiger charge is 2.22.